The molecule has 3 heterocycles. The molecule has 41 heavy (non-hydrogen) atoms. The number of piperazine rings is 1. The van der Waals surface area contributed by atoms with Gasteiger partial charge in [0.2, 0.25) is 0 Å². The van der Waals surface area contributed by atoms with Crippen LogP contribution in [-0.4, -0.2) is 72.6 Å². The van der Waals surface area contributed by atoms with Gasteiger partial charge in [0.15, 0.2) is 5.16 Å². The average Bonchev–Trinajstić information content (AvgIpc) is 3.00. The monoisotopic (exact) mass is 593 g/mol. The normalized spacial score (nSPS) is 17.4. The Bertz CT molecular complexity index is 1380. The molecule has 0 unspecified atom stereocenters. The number of carbonyl (C=O) groups is 2. The maximum absolute atomic E-state index is 13.3. The van der Waals surface area contributed by atoms with Gasteiger partial charge >= 0.3 is 5.97 Å². The third-order valence-corrected chi connectivity index (χ3v) is 8.73. The molecule has 10 heteroatoms. The van der Waals surface area contributed by atoms with Gasteiger partial charge in [-0.3, -0.25) is 9.59 Å². The van der Waals surface area contributed by atoms with Crippen molar-refractivity contribution in [3.05, 3.63) is 76.4 Å². The molecule has 0 aliphatic carbocycles. The molecule has 0 saturated carbocycles. The number of thioether (sulfide) groups is 1. The molecule has 2 aliphatic rings. The summed E-state index contributed by atoms with van der Waals surface area (Å²) in [6.07, 6.45) is 1.56. The smallest absolute Gasteiger partial charge is 0.310 e. The summed E-state index contributed by atoms with van der Waals surface area (Å²) in [5.41, 5.74) is 3.66. The van der Waals surface area contributed by atoms with Gasteiger partial charge < -0.3 is 19.4 Å². The van der Waals surface area contributed by atoms with E-state index in [-0.39, 0.29) is 17.8 Å². The second-order valence-corrected chi connectivity index (χ2v) is 11.8. The standard InChI is InChI=1S/C31H36ClN5O3S/c1-3-40-30(39)25-10-7-13-37(20-25)29(38)24-9-6-8-23(19-24)21-41-31-33-22(2)18-28(34-31)36-16-14-35(15-17-36)27-12-5-4-11-26(27)32/h4-6,8-9,11-12,18-19,25H,3,7,10,13-17,20-21H2,1-2H3/t25-/m1/s1. The van der Waals surface area contributed by atoms with Crippen LogP contribution in [0.4, 0.5) is 11.5 Å². The summed E-state index contributed by atoms with van der Waals surface area (Å²) >= 11 is 7.98. The Kier molecular flexibility index (Phi) is 9.67. The second-order valence-electron chi connectivity index (χ2n) is 10.4. The number of halogens is 1. The van der Waals surface area contributed by atoms with E-state index in [1.54, 1.807) is 23.6 Å². The molecule has 1 aromatic heterocycles. The lowest BCUT2D eigenvalue weighted by Crippen LogP contribution is -2.47. The molecular formula is C31H36ClN5O3S. The van der Waals surface area contributed by atoms with Crippen LogP contribution in [0.25, 0.3) is 0 Å². The van der Waals surface area contributed by atoms with E-state index in [2.05, 4.69) is 20.9 Å². The molecule has 3 aromatic rings. The minimum Gasteiger partial charge on any atom is -0.466 e. The number of anilines is 2. The van der Waals surface area contributed by atoms with Gasteiger partial charge in [-0.1, -0.05) is 47.6 Å². The van der Waals surface area contributed by atoms with Crippen LogP contribution in [0.15, 0.2) is 59.8 Å². The van der Waals surface area contributed by atoms with Crippen LogP contribution in [0.2, 0.25) is 5.02 Å². The lowest BCUT2D eigenvalue weighted by atomic mass is 9.97. The van der Waals surface area contributed by atoms with Crippen LogP contribution in [0, 0.1) is 12.8 Å². The third kappa shape index (κ3) is 7.32. The number of benzene rings is 2. The number of hydrogen-bond donors (Lipinski definition) is 0. The fourth-order valence-electron chi connectivity index (χ4n) is 5.38. The van der Waals surface area contributed by atoms with Crippen LogP contribution >= 0.6 is 23.4 Å². The Hall–Kier alpha value is -3.30. The molecule has 1 amide bonds. The van der Waals surface area contributed by atoms with Crippen LogP contribution in [0.1, 0.15) is 41.4 Å². The van der Waals surface area contributed by atoms with E-state index < -0.39 is 0 Å². The van der Waals surface area contributed by atoms with Gasteiger partial charge in [-0.25, -0.2) is 9.97 Å². The van der Waals surface area contributed by atoms with Gasteiger partial charge in [-0.2, -0.15) is 0 Å². The van der Waals surface area contributed by atoms with Crippen molar-refractivity contribution in [2.24, 2.45) is 5.92 Å². The molecule has 0 N–H and O–H groups in total. The third-order valence-electron chi connectivity index (χ3n) is 7.49. The summed E-state index contributed by atoms with van der Waals surface area (Å²) in [4.78, 5) is 41.4. The zero-order valence-electron chi connectivity index (χ0n) is 23.6. The van der Waals surface area contributed by atoms with E-state index in [4.69, 9.17) is 21.3 Å². The highest BCUT2D eigenvalue weighted by molar-refractivity contribution is 7.98. The van der Waals surface area contributed by atoms with Gasteiger partial charge in [0.25, 0.3) is 5.91 Å². The number of piperidine rings is 1. The highest BCUT2D eigenvalue weighted by Crippen LogP contribution is 2.28. The number of amides is 1. The summed E-state index contributed by atoms with van der Waals surface area (Å²) in [6.45, 7) is 8.66. The van der Waals surface area contributed by atoms with E-state index in [9.17, 15) is 9.59 Å². The van der Waals surface area contributed by atoms with Gasteiger partial charge in [-0.05, 0) is 56.5 Å². The number of esters is 1. The number of likely N-dealkylation sites (tertiary alicyclic amines) is 1. The number of carbonyl (C=O) groups excluding carboxylic acids is 2. The highest BCUT2D eigenvalue weighted by Gasteiger charge is 2.30. The predicted molar refractivity (Wildman–Crippen MR) is 164 cm³/mol. The zero-order valence-corrected chi connectivity index (χ0v) is 25.2. The molecule has 0 spiro atoms. The van der Waals surface area contributed by atoms with Crippen molar-refractivity contribution in [3.8, 4) is 0 Å². The first kappa shape index (κ1) is 29.2. The first-order chi connectivity index (χ1) is 19.9. The van der Waals surface area contributed by atoms with Crippen molar-refractivity contribution in [2.75, 3.05) is 55.7 Å². The fraction of sp³-hybridized carbons (Fsp3) is 0.419. The molecule has 0 bridgehead atoms. The Morgan fingerprint density at radius 1 is 1.00 bits per heavy atom. The molecule has 2 saturated heterocycles. The van der Waals surface area contributed by atoms with Crippen molar-refractivity contribution < 1.29 is 14.3 Å². The highest BCUT2D eigenvalue weighted by atomic mass is 35.5. The second kappa shape index (κ2) is 13.6. The lowest BCUT2D eigenvalue weighted by molar-refractivity contribution is -0.149. The maximum Gasteiger partial charge on any atom is 0.310 e. The van der Waals surface area contributed by atoms with Gasteiger partial charge in [-0.15, -0.1) is 0 Å². The first-order valence-corrected chi connectivity index (χ1v) is 15.6. The molecule has 2 aliphatic heterocycles. The van der Waals surface area contributed by atoms with E-state index in [0.717, 1.165) is 72.0 Å². The van der Waals surface area contributed by atoms with Crippen molar-refractivity contribution >= 4 is 46.7 Å². The molecule has 5 rings (SSSR count). The molecule has 2 fully saturated rings. The summed E-state index contributed by atoms with van der Waals surface area (Å²) in [5.74, 6) is 1.07. The Balaban J connectivity index is 1.19. The van der Waals surface area contributed by atoms with Crippen LogP contribution in [0.3, 0.4) is 0 Å². The van der Waals surface area contributed by atoms with Crippen LogP contribution in [-0.2, 0) is 15.3 Å². The lowest BCUT2D eigenvalue weighted by Gasteiger charge is -2.37. The molecule has 2 aromatic carbocycles. The molecule has 0 radical (unpaired) electrons. The maximum atomic E-state index is 13.3. The van der Waals surface area contributed by atoms with Crippen molar-refractivity contribution in [1.29, 1.82) is 0 Å². The molecule has 216 valence electrons. The number of ether oxygens (including phenoxy) is 1. The molecular weight excluding hydrogens is 558 g/mol. The van der Waals surface area contributed by atoms with Crippen molar-refractivity contribution in [3.63, 3.8) is 0 Å². The summed E-state index contributed by atoms with van der Waals surface area (Å²) in [6, 6.07) is 17.7. The van der Waals surface area contributed by atoms with E-state index in [1.165, 1.54) is 0 Å². The number of hydrogen-bond acceptors (Lipinski definition) is 8. The number of aryl methyl sites for hydroxylation is 1. The Labute approximate surface area is 251 Å². The first-order valence-electron chi connectivity index (χ1n) is 14.2. The van der Waals surface area contributed by atoms with Gasteiger partial charge in [0.1, 0.15) is 5.82 Å². The zero-order chi connectivity index (χ0) is 28.8. The average molecular weight is 594 g/mol. The van der Waals surface area contributed by atoms with E-state index in [0.29, 0.717) is 31.0 Å². The van der Waals surface area contributed by atoms with Gasteiger partial charge in [0.05, 0.1) is 23.2 Å². The summed E-state index contributed by atoms with van der Waals surface area (Å²) < 4.78 is 5.19. The van der Waals surface area contributed by atoms with Gasteiger partial charge in [0, 0.05) is 62.3 Å². The largest absolute Gasteiger partial charge is 0.466 e. The Morgan fingerprint density at radius 2 is 1.78 bits per heavy atom. The SMILES string of the molecule is CCOC(=O)[C@@H]1CCCN(C(=O)c2cccc(CSc3nc(C)cc(N4CCN(c5ccccc5Cl)CC4)n3)c2)C1. The molecule has 1 atom stereocenters. The Morgan fingerprint density at radius 3 is 2.56 bits per heavy atom. The number of nitrogens with zero attached hydrogens (tertiary/aromatic N) is 5. The van der Waals surface area contributed by atoms with E-state index in [1.807, 2.05) is 55.5 Å². The predicted octanol–water partition coefficient (Wildman–Crippen LogP) is 5.47. The van der Waals surface area contributed by atoms with Crippen LogP contribution < -0.4 is 9.80 Å². The van der Waals surface area contributed by atoms with Crippen molar-refractivity contribution in [1.82, 2.24) is 14.9 Å². The molecule has 8 nitrogen and oxygen atoms in total. The minimum absolute atomic E-state index is 0.0455. The fourth-order valence-corrected chi connectivity index (χ4v) is 6.47. The number of para-hydroxylation sites is 1. The van der Waals surface area contributed by atoms with E-state index >= 15 is 0 Å². The summed E-state index contributed by atoms with van der Waals surface area (Å²) in [7, 11) is 0. The summed E-state index contributed by atoms with van der Waals surface area (Å²) in [5, 5.41) is 1.50. The quantitative estimate of drug-likeness (QED) is 0.193. The topological polar surface area (TPSA) is 78.9 Å². The van der Waals surface area contributed by atoms with Crippen LogP contribution in [0.5, 0.6) is 0 Å². The number of aromatic nitrogens is 2. The number of rotatable bonds is 8. The van der Waals surface area contributed by atoms with Crippen molar-refractivity contribution in [2.45, 2.75) is 37.6 Å². The minimum atomic E-state index is -0.252.